The summed E-state index contributed by atoms with van der Waals surface area (Å²) in [6.45, 7) is 11.1. The first kappa shape index (κ1) is 16.4. The van der Waals surface area contributed by atoms with Gasteiger partial charge in [-0.25, -0.2) is 0 Å². The number of benzene rings is 1. The Kier molecular flexibility index (Phi) is 5.96. The van der Waals surface area contributed by atoms with Crippen LogP contribution in [0.4, 0.5) is 0 Å². The molecule has 0 saturated carbocycles. The van der Waals surface area contributed by atoms with E-state index in [1.807, 2.05) is 12.1 Å². The smallest absolute Gasteiger partial charge is 0.153 e. The minimum atomic E-state index is -0.0151. The Morgan fingerprint density at radius 3 is 2.45 bits per heavy atom. The van der Waals surface area contributed by atoms with E-state index in [9.17, 15) is 4.79 Å². The fourth-order valence-corrected chi connectivity index (χ4v) is 1.94. The van der Waals surface area contributed by atoms with Crippen molar-refractivity contribution in [1.82, 2.24) is 0 Å². The third-order valence-electron chi connectivity index (χ3n) is 3.09. The highest BCUT2D eigenvalue weighted by atomic mass is 16.5. The highest BCUT2D eigenvalue weighted by Gasteiger charge is 2.19. The summed E-state index contributed by atoms with van der Waals surface area (Å²) in [5, 5.41) is 0. The van der Waals surface area contributed by atoms with E-state index in [0.29, 0.717) is 30.9 Å². The number of ether oxygens (including phenoxy) is 2. The number of aldehydes is 1. The molecule has 0 aliphatic heterocycles. The van der Waals surface area contributed by atoms with Crippen molar-refractivity contribution >= 4 is 6.29 Å². The van der Waals surface area contributed by atoms with Crippen LogP contribution in [-0.4, -0.2) is 26.6 Å². The largest absolute Gasteiger partial charge is 0.490 e. The van der Waals surface area contributed by atoms with Gasteiger partial charge in [0.05, 0.1) is 12.2 Å². The van der Waals surface area contributed by atoms with Crippen molar-refractivity contribution < 1.29 is 14.3 Å². The molecule has 3 nitrogen and oxygen atoms in total. The summed E-state index contributed by atoms with van der Waals surface area (Å²) in [6.07, 6.45) is 3.34. The van der Waals surface area contributed by atoms with Gasteiger partial charge in [-0.1, -0.05) is 32.9 Å². The van der Waals surface area contributed by atoms with Gasteiger partial charge < -0.3 is 9.47 Å². The van der Waals surface area contributed by atoms with E-state index in [4.69, 9.17) is 9.47 Å². The second-order valence-corrected chi connectivity index (χ2v) is 5.76. The third kappa shape index (κ3) is 4.20. The monoisotopic (exact) mass is 276 g/mol. The molecule has 20 heavy (non-hydrogen) atoms. The second-order valence-electron chi connectivity index (χ2n) is 5.76. The summed E-state index contributed by atoms with van der Waals surface area (Å²) >= 11 is 0. The quantitative estimate of drug-likeness (QED) is 0.434. The van der Waals surface area contributed by atoms with Gasteiger partial charge in [-0.05, 0) is 29.0 Å². The molecule has 0 fully saturated rings. The molecule has 0 aliphatic carbocycles. The number of hydrogen-bond donors (Lipinski definition) is 0. The Bertz CT molecular complexity index is 470. The lowest BCUT2D eigenvalue weighted by Gasteiger charge is -2.22. The van der Waals surface area contributed by atoms with Crippen molar-refractivity contribution in [1.29, 1.82) is 0 Å². The molecule has 0 heterocycles. The fraction of sp³-hybridized carbons (Fsp3) is 0.471. The number of methoxy groups -OCH3 is 1. The van der Waals surface area contributed by atoms with Crippen LogP contribution >= 0.6 is 0 Å². The van der Waals surface area contributed by atoms with Crippen molar-refractivity contribution in [3.63, 3.8) is 0 Å². The Labute approximate surface area is 121 Å². The van der Waals surface area contributed by atoms with Crippen molar-refractivity contribution in [3.8, 4) is 5.75 Å². The highest BCUT2D eigenvalue weighted by Crippen LogP contribution is 2.31. The topological polar surface area (TPSA) is 35.5 Å². The standard InChI is InChI=1S/C17H24O3/c1-6-7-13-10-15(17(2,3)4)11-14(12-18)16(13)20-9-8-19-5/h6,10-12H,1,7-9H2,2-5H3. The molecule has 0 unspecified atom stereocenters. The first-order valence-electron chi connectivity index (χ1n) is 6.79. The van der Waals surface area contributed by atoms with Crippen molar-refractivity contribution in [3.05, 3.63) is 41.5 Å². The van der Waals surface area contributed by atoms with E-state index < -0.39 is 0 Å². The average Bonchev–Trinajstić information content (AvgIpc) is 2.39. The molecule has 0 atom stereocenters. The molecule has 3 heteroatoms. The lowest BCUT2D eigenvalue weighted by atomic mass is 9.84. The summed E-state index contributed by atoms with van der Waals surface area (Å²) < 4.78 is 10.7. The van der Waals surface area contributed by atoms with Crippen LogP contribution in [0.1, 0.15) is 42.3 Å². The van der Waals surface area contributed by atoms with E-state index >= 15 is 0 Å². The summed E-state index contributed by atoms with van der Waals surface area (Å²) in [5.41, 5.74) is 2.69. The molecule has 0 radical (unpaired) electrons. The molecular weight excluding hydrogens is 252 g/mol. The normalized spacial score (nSPS) is 11.2. The van der Waals surface area contributed by atoms with Crippen LogP contribution in [0.15, 0.2) is 24.8 Å². The third-order valence-corrected chi connectivity index (χ3v) is 3.09. The minimum absolute atomic E-state index is 0.0151. The van der Waals surface area contributed by atoms with Gasteiger partial charge >= 0.3 is 0 Å². The molecule has 110 valence electrons. The summed E-state index contributed by atoms with van der Waals surface area (Å²) in [6, 6.07) is 4.00. The number of hydrogen-bond acceptors (Lipinski definition) is 3. The van der Waals surface area contributed by atoms with Gasteiger partial charge in [0.1, 0.15) is 12.4 Å². The van der Waals surface area contributed by atoms with E-state index in [1.165, 1.54) is 0 Å². The highest BCUT2D eigenvalue weighted by molar-refractivity contribution is 5.81. The molecule has 0 aromatic heterocycles. The maximum absolute atomic E-state index is 11.4. The number of allylic oxidation sites excluding steroid dienone is 1. The van der Waals surface area contributed by atoms with Gasteiger partial charge in [0.25, 0.3) is 0 Å². The first-order chi connectivity index (χ1) is 9.43. The molecule has 0 saturated heterocycles. The van der Waals surface area contributed by atoms with Gasteiger partial charge in [0, 0.05) is 7.11 Å². The zero-order valence-corrected chi connectivity index (χ0v) is 12.9. The summed E-state index contributed by atoms with van der Waals surface area (Å²) in [4.78, 5) is 11.4. The van der Waals surface area contributed by atoms with Crippen LogP contribution in [0.3, 0.4) is 0 Å². The van der Waals surface area contributed by atoms with Gasteiger partial charge in [0.2, 0.25) is 0 Å². The van der Waals surface area contributed by atoms with E-state index in [-0.39, 0.29) is 5.41 Å². The molecule has 1 aromatic rings. The van der Waals surface area contributed by atoms with E-state index in [0.717, 1.165) is 17.4 Å². The Hall–Kier alpha value is -1.61. The number of carbonyl (C=O) groups excluding carboxylic acids is 1. The Morgan fingerprint density at radius 1 is 1.25 bits per heavy atom. The SMILES string of the molecule is C=CCc1cc(C(C)(C)C)cc(C=O)c1OCCOC. The number of rotatable bonds is 7. The Balaban J connectivity index is 3.24. The van der Waals surface area contributed by atoms with Gasteiger partial charge in [-0.2, -0.15) is 0 Å². The van der Waals surface area contributed by atoms with E-state index in [1.54, 1.807) is 7.11 Å². The van der Waals surface area contributed by atoms with Crippen LogP contribution < -0.4 is 4.74 Å². The van der Waals surface area contributed by atoms with Crippen LogP contribution in [0, 0.1) is 0 Å². The average molecular weight is 276 g/mol. The molecule has 0 aliphatic rings. The van der Waals surface area contributed by atoms with Crippen LogP contribution in [0.5, 0.6) is 5.75 Å². The lowest BCUT2D eigenvalue weighted by molar-refractivity contribution is 0.111. The van der Waals surface area contributed by atoms with Gasteiger partial charge in [-0.3, -0.25) is 4.79 Å². The summed E-state index contributed by atoms with van der Waals surface area (Å²) in [7, 11) is 1.62. The van der Waals surface area contributed by atoms with E-state index in [2.05, 4.69) is 33.4 Å². The van der Waals surface area contributed by atoms with Crippen molar-refractivity contribution in [2.45, 2.75) is 32.6 Å². The zero-order valence-electron chi connectivity index (χ0n) is 12.9. The maximum atomic E-state index is 11.4. The zero-order chi connectivity index (χ0) is 15.2. The van der Waals surface area contributed by atoms with Gasteiger partial charge in [-0.15, -0.1) is 6.58 Å². The number of carbonyl (C=O) groups is 1. The van der Waals surface area contributed by atoms with Crippen molar-refractivity contribution in [2.75, 3.05) is 20.3 Å². The molecule has 0 spiro atoms. The predicted molar refractivity (Wildman–Crippen MR) is 81.8 cm³/mol. The van der Waals surface area contributed by atoms with Crippen LogP contribution in [0.2, 0.25) is 0 Å². The maximum Gasteiger partial charge on any atom is 0.153 e. The molecule has 0 bridgehead atoms. The molecule has 0 amide bonds. The second kappa shape index (κ2) is 7.25. The molecule has 1 aromatic carbocycles. The fourth-order valence-electron chi connectivity index (χ4n) is 1.94. The molecule has 0 N–H and O–H groups in total. The molecular formula is C17H24O3. The van der Waals surface area contributed by atoms with Crippen LogP contribution in [0.25, 0.3) is 0 Å². The minimum Gasteiger partial charge on any atom is -0.490 e. The van der Waals surface area contributed by atoms with Crippen LogP contribution in [-0.2, 0) is 16.6 Å². The predicted octanol–water partition coefficient (Wildman–Crippen LogP) is 3.55. The van der Waals surface area contributed by atoms with Crippen molar-refractivity contribution in [2.24, 2.45) is 0 Å². The molecule has 1 rings (SSSR count). The van der Waals surface area contributed by atoms with Gasteiger partial charge in [0.15, 0.2) is 6.29 Å². The lowest BCUT2D eigenvalue weighted by Crippen LogP contribution is -2.14. The summed E-state index contributed by atoms with van der Waals surface area (Å²) in [5.74, 6) is 0.643. The first-order valence-corrected chi connectivity index (χ1v) is 6.79. The Morgan fingerprint density at radius 2 is 1.95 bits per heavy atom.